The molecule has 0 atom stereocenters. The summed E-state index contributed by atoms with van der Waals surface area (Å²) in [6.07, 6.45) is 2.41. The Morgan fingerprint density at radius 3 is 2.25 bits per heavy atom. The largest absolute Gasteiger partial charge is 0.343 e. The van der Waals surface area contributed by atoms with Gasteiger partial charge in [-0.25, -0.2) is 13.1 Å². The topological polar surface area (TPSA) is 95.6 Å². The summed E-state index contributed by atoms with van der Waals surface area (Å²) in [5.74, 6) is -0.124. The fraction of sp³-hybridized carbons (Fsp3) is 0.357. The molecule has 0 spiro atoms. The van der Waals surface area contributed by atoms with Crippen LogP contribution in [0.2, 0.25) is 0 Å². The molecule has 0 bridgehead atoms. The highest BCUT2D eigenvalue weighted by Crippen LogP contribution is 2.32. The Morgan fingerprint density at radius 2 is 1.58 bits per heavy atom. The molecular weight excluding hydrogens is 474 g/mol. The van der Waals surface area contributed by atoms with E-state index in [-0.39, 0.29) is 16.7 Å². The number of hydrogen-bond donors (Lipinski definition) is 2. The molecule has 3 aromatic rings. The van der Waals surface area contributed by atoms with Crippen molar-refractivity contribution in [2.75, 3.05) is 18.4 Å². The number of nitrogens with zero attached hydrogens (tertiary/aromatic N) is 1. The normalized spacial score (nSPS) is 15.6. The zero-order chi connectivity index (χ0) is 25.9. The van der Waals surface area contributed by atoms with Gasteiger partial charge in [0.1, 0.15) is 0 Å². The van der Waals surface area contributed by atoms with Crippen LogP contribution in [0.3, 0.4) is 0 Å². The Hall–Kier alpha value is -3.23. The van der Waals surface area contributed by atoms with Gasteiger partial charge in [0.15, 0.2) is 0 Å². The van der Waals surface area contributed by atoms with Crippen LogP contribution in [0, 0.1) is 6.92 Å². The van der Waals surface area contributed by atoms with Gasteiger partial charge in [-0.15, -0.1) is 0 Å². The number of amides is 2. The molecule has 2 amide bonds. The number of hydrogen-bond acceptors (Lipinski definition) is 4. The average Bonchev–Trinajstić information content (AvgIpc) is 2.84. The molecule has 7 nitrogen and oxygen atoms in total. The van der Waals surface area contributed by atoms with E-state index in [0.717, 1.165) is 12.0 Å². The fourth-order valence-corrected chi connectivity index (χ4v) is 6.41. The fourth-order valence-electron chi connectivity index (χ4n) is 4.74. The van der Waals surface area contributed by atoms with Gasteiger partial charge in [0.25, 0.3) is 5.91 Å². The van der Waals surface area contributed by atoms with E-state index in [1.807, 2.05) is 49.9 Å². The Balaban J connectivity index is 1.58. The molecule has 0 aliphatic carbocycles. The number of sulfonamides is 1. The summed E-state index contributed by atoms with van der Waals surface area (Å²) in [4.78, 5) is 27.1. The van der Waals surface area contributed by atoms with Gasteiger partial charge < -0.3 is 10.2 Å². The molecule has 36 heavy (non-hydrogen) atoms. The monoisotopic (exact) mass is 507 g/mol. The van der Waals surface area contributed by atoms with Gasteiger partial charge in [0.2, 0.25) is 15.9 Å². The summed E-state index contributed by atoms with van der Waals surface area (Å²) in [6.45, 7) is 6.80. The molecule has 0 saturated carbocycles. The summed E-state index contributed by atoms with van der Waals surface area (Å²) >= 11 is 0. The average molecular weight is 508 g/mol. The predicted octanol–water partition coefficient (Wildman–Crippen LogP) is 4.86. The van der Waals surface area contributed by atoms with E-state index in [1.54, 1.807) is 36.4 Å². The molecule has 0 radical (unpaired) electrons. The molecule has 4 rings (SSSR count). The molecule has 3 aromatic carbocycles. The van der Waals surface area contributed by atoms with Crippen LogP contribution in [-0.2, 0) is 14.8 Å². The molecule has 0 unspecified atom stereocenters. The minimum atomic E-state index is -3.86. The maximum Gasteiger partial charge on any atom is 0.255 e. The van der Waals surface area contributed by atoms with Crippen LogP contribution >= 0.6 is 0 Å². The number of benzene rings is 3. The standard InChI is InChI=1S/C28H33N3O4S/c1-4-9-26(32)31-18-16-28(3,17-19-31)30-36(34,35)25-15-14-24(22-12-7-8-13-23(22)25)29-27(33)21-11-6-5-10-20(21)2/h5-8,10-15,30H,4,9,16-19H2,1-3H3,(H,29,33). The number of rotatable bonds is 7. The molecule has 0 aromatic heterocycles. The number of carbonyl (C=O) groups excluding carboxylic acids is 2. The molecule has 1 saturated heterocycles. The molecule has 1 aliphatic heterocycles. The van der Waals surface area contributed by atoms with E-state index < -0.39 is 15.6 Å². The van der Waals surface area contributed by atoms with E-state index in [1.165, 1.54) is 0 Å². The molecule has 1 heterocycles. The van der Waals surface area contributed by atoms with Crippen molar-refractivity contribution in [2.24, 2.45) is 0 Å². The first-order valence-electron chi connectivity index (χ1n) is 12.3. The number of likely N-dealkylation sites (tertiary alicyclic amines) is 1. The van der Waals surface area contributed by atoms with Crippen molar-refractivity contribution < 1.29 is 18.0 Å². The first kappa shape index (κ1) is 25.9. The highest BCUT2D eigenvalue weighted by Gasteiger charge is 2.36. The Morgan fingerprint density at radius 1 is 0.944 bits per heavy atom. The second kappa shape index (κ2) is 10.4. The van der Waals surface area contributed by atoms with Crippen molar-refractivity contribution in [1.29, 1.82) is 0 Å². The van der Waals surface area contributed by atoms with Crippen LogP contribution in [0.25, 0.3) is 10.8 Å². The van der Waals surface area contributed by atoms with Crippen molar-refractivity contribution in [3.05, 3.63) is 71.8 Å². The number of fused-ring (bicyclic) bond motifs is 1. The molecular formula is C28H33N3O4S. The van der Waals surface area contributed by atoms with Crippen molar-refractivity contribution >= 4 is 38.3 Å². The lowest BCUT2D eigenvalue weighted by atomic mass is 9.91. The van der Waals surface area contributed by atoms with Gasteiger partial charge in [-0.05, 0) is 56.9 Å². The predicted molar refractivity (Wildman–Crippen MR) is 143 cm³/mol. The van der Waals surface area contributed by atoms with Crippen molar-refractivity contribution in [2.45, 2.75) is 56.9 Å². The van der Waals surface area contributed by atoms with Gasteiger partial charge in [-0.1, -0.05) is 49.4 Å². The number of anilines is 1. The SMILES string of the molecule is CCCC(=O)N1CCC(C)(NS(=O)(=O)c2ccc(NC(=O)c3ccccc3C)c3ccccc23)CC1. The Kier molecular flexibility index (Phi) is 7.47. The van der Waals surface area contributed by atoms with Crippen molar-refractivity contribution in [1.82, 2.24) is 9.62 Å². The van der Waals surface area contributed by atoms with Crippen LogP contribution in [0.15, 0.2) is 65.6 Å². The van der Waals surface area contributed by atoms with Gasteiger partial charge >= 0.3 is 0 Å². The van der Waals surface area contributed by atoms with E-state index in [9.17, 15) is 18.0 Å². The van der Waals surface area contributed by atoms with Crippen LogP contribution in [0.4, 0.5) is 5.69 Å². The van der Waals surface area contributed by atoms with Crippen LogP contribution in [0.1, 0.15) is 55.5 Å². The lowest BCUT2D eigenvalue weighted by molar-refractivity contribution is -0.132. The zero-order valence-electron chi connectivity index (χ0n) is 21.0. The second-order valence-corrected chi connectivity index (χ2v) is 11.4. The molecule has 1 aliphatic rings. The molecule has 8 heteroatoms. The highest BCUT2D eigenvalue weighted by atomic mass is 32.2. The highest BCUT2D eigenvalue weighted by molar-refractivity contribution is 7.89. The van der Waals surface area contributed by atoms with Gasteiger partial charge in [-0.3, -0.25) is 9.59 Å². The Bertz CT molecular complexity index is 1390. The van der Waals surface area contributed by atoms with Crippen molar-refractivity contribution in [3.63, 3.8) is 0 Å². The smallest absolute Gasteiger partial charge is 0.255 e. The lowest BCUT2D eigenvalue weighted by Crippen LogP contribution is -2.54. The van der Waals surface area contributed by atoms with E-state index in [0.29, 0.717) is 54.4 Å². The number of nitrogens with one attached hydrogen (secondary N) is 2. The van der Waals surface area contributed by atoms with Crippen LogP contribution in [0.5, 0.6) is 0 Å². The third-order valence-electron chi connectivity index (χ3n) is 6.88. The van der Waals surface area contributed by atoms with E-state index in [4.69, 9.17) is 0 Å². The minimum Gasteiger partial charge on any atom is -0.343 e. The number of aryl methyl sites for hydroxylation is 1. The number of piperidine rings is 1. The summed E-state index contributed by atoms with van der Waals surface area (Å²) in [5.41, 5.74) is 1.32. The third kappa shape index (κ3) is 5.44. The quantitative estimate of drug-likeness (QED) is 0.477. The maximum atomic E-state index is 13.6. The van der Waals surface area contributed by atoms with Gasteiger partial charge in [0, 0.05) is 47.1 Å². The Labute approximate surface area is 212 Å². The maximum absolute atomic E-state index is 13.6. The lowest BCUT2D eigenvalue weighted by Gasteiger charge is -2.39. The minimum absolute atomic E-state index is 0.122. The van der Waals surface area contributed by atoms with E-state index in [2.05, 4.69) is 10.0 Å². The summed E-state index contributed by atoms with van der Waals surface area (Å²) in [7, 11) is -3.86. The first-order valence-corrected chi connectivity index (χ1v) is 13.8. The second-order valence-electron chi connectivity index (χ2n) is 9.72. The zero-order valence-corrected chi connectivity index (χ0v) is 21.8. The van der Waals surface area contributed by atoms with Gasteiger partial charge in [0.05, 0.1) is 4.90 Å². The number of carbonyl (C=O) groups is 2. The molecule has 1 fully saturated rings. The van der Waals surface area contributed by atoms with Crippen molar-refractivity contribution in [3.8, 4) is 0 Å². The molecule has 190 valence electrons. The van der Waals surface area contributed by atoms with Gasteiger partial charge in [-0.2, -0.15) is 0 Å². The summed E-state index contributed by atoms with van der Waals surface area (Å²) < 4.78 is 30.0. The third-order valence-corrected chi connectivity index (χ3v) is 8.57. The summed E-state index contributed by atoms with van der Waals surface area (Å²) in [5, 5.41) is 4.12. The first-order chi connectivity index (χ1) is 17.1. The van der Waals surface area contributed by atoms with E-state index >= 15 is 0 Å². The van der Waals surface area contributed by atoms with Crippen LogP contribution < -0.4 is 10.0 Å². The summed E-state index contributed by atoms with van der Waals surface area (Å²) in [6, 6.07) is 17.7. The van der Waals surface area contributed by atoms with Crippen LogP contribution in [-0.4, -0.2) is 43.8 Å². The molecule has 2 N–H and O–H groups in total.